The molecule has 0 saturated heterocycles. The number of carbonyl (C=O) groups is 1. The Labute approximate surface area is 97.9 Å². The van der Waals surface area contributed by atoms with Gasteiger partial charge in [0.1, 0.15) is 17.0 Å². The van der Waals surface area contributed by atoms with Gasteiger partial charge in [-0.15, -0.1) is 0 Å². The zero-order valence-corrected chi connectivity index (χ0v) is 9.17. The second-order valence-corrected chi connectivity index (χ2v) is 4.35. The summed E-state index contributed by atoms with van der Waals surface area (Å²) in [6.45, 7) is 0. The molecular formula is C13H11F2NO. The lowest BCUT2D eigenvalue weighted by Gasteiger charge is -2.19. The Kier molecular flexibility index (Phi) is 2.93. The molecular weight excluding hydrogens is 224 g/mol. The quantitative estimate of drug-likeness (QED) is 0.790. The molecule has 2 rings (SSSR count). The molecule has 88 valence electrons. The average Bonchev–Trinajstić information content (AvgIpc) is 2.66. The number of rotatable bonds is 2. The highest BCUT2D eigenvalue weighted by Gasteiger charge is 2.43. The van der Waals surface area contributed by atoms with E-state index in [0.29, 0.717) is 19.3 Å². The lowest BCUT2D eigenvalue weighted by molar-refractivity contribution is -0.123. The number of nitrogens with zero attached hydrogens (tertiary/aromatic N) is 1. The minimum absolute atomic E-state index is 0.163. The largest absolute Gasteiger partial charge is 0.298 e. The SMILES string of the molecule is N#CC1(Cc2c(F)cccc2F)CCCC1=O. The third kappa shape index (κ3) is 1.93. The van der Waals surface area contributed by atoms with E-state index < -0.39 is 17.0 Å². The molecule has 4 heteroatoms. The predicted octanol–water partition coefficient (Wildman–Crippen LogP) is 2.77. The monoisotopic (exact) mass is 235 g/mol. The summed E-state index contributed by atoms with van der Waals surface area (Å²) < 4.78 is 27.0. The van der Waals surface area contributed by atoms with E-state index in [1.165, 1.54) is 6.07 Å². The summed E-state index contributed by atoms with van der Waals surface area (Å²) in [6.07, 6.45) is 1.16. The van der Waals surface area contributed by atoms with Crippen LogP contribution in [0, 0.1) is 28.4 Å². The van der Waals surface area contributed by atoms with Crippen LogP contribution in [0.15, 0.2) is 18.2 Å². The van der Waals surface area contributed by atoms with Crippen molar-refractivity contribution in [3.8, 4) is 6.07 Å². The highest BCUT2D eigenvalue weighted by Crippen LogP contribution is 2.38. The summed E-state index contributed by atoms with van der Waals surface area (Å²) >= 11 is 0. The first-order chi connectivity index (χ1) is 8.09. The van der Waals surface area contributed by atoms with Gasteiger partial charge in [-0.2, -0.15) is 5.26 Å². The number of halogens is 2. The Morgan fingerprint density at radius 3 is 2.47 bits per heavy atom. The fraction of sp³-hybridized carbons (Fsp3) is 0.385. The standard InChI is InChI=1S/C13H11F2NO/c14-10-3-1-4-11(15)9(10)7-13(8-16)6-2-5-12(13)17/h1,3-4H,2,5-7H2. The van der Waals surface area contributed by atoms with Gasteiger partial charge in [-0.3, -0.25) is 4.79 Å². The first-order valence-electron chi connectivity index (χ1n) is 5.46. The van der Waals surface area contributed by atoms with Crippen LogP contribution in [-0.4, -0.2) is 5.78 Å². The zero-order chi connectivity index (χ0) is 12.5. The Balaban J connectivity index is 2.38. The van der Waals surface area contributed by atoms with E-state index in [9.17, 15) is 13.6 Å². The number of nitriles is 1. The van der Waals surface area contributed by atoms with Gasteiger partial charge in [-0.1, -0.05) is 6.07 Å². The molecule has 0 spiro atoms. The first-order valence-corrected chi connectivity index (χ1v) is 5.46. The number of ketones is 1. The molecule has 1 aliphatic carbocycles. The van der Waals surface area contributed by atoms with Crippen LogP contribution in [0.25, 0.3) is 0 Å². The van der Waals surface area contributed by atoms with Crippen molar-refractivity contribution in [1.82, 2.24) is 0 Å². The van der Waals surface area contributed by atoms with E-state index in [1.54, 1.807) is 0 Å². The Morgan fingerprint density at radius 2 is 2.00 bits per heavy atom. The number of carbonyl (C=O) groups excluding carboxylic acids is 1. The van der Waals surface area contributed by atoms with E-state index in [1.807, 2.05) is 6.07 Å². The minimum atomic E-state index is -1.23. The molecule has 0 N–H and O–H groups in total. The van der Waals surface area contributed by atoms with Crippen LogP contribution in [0.1, 0.15) is 24.8 Å². The normalized spacial score (nSPS) is 23.7. The lowest BCUT2D eigenvalue weighted by Crippen LogP contribution is -2.27. The highest BCUT2D eigenvalue weighted by molar-refractivity contribution is 5.89. The molecule has 0 bridgehead atoms. The van der Waals surface area contributed by atoms with Crippen LogP contribution >= 0.6 is 0 Å². The highest BCUT2D eigenvalue weighted by atomic mass is 19.1. The van der Waals surface area contributed by atoms with Gasteiger partial charge in [0.25, 0.3) is 0 Å². The Hall–Kier alpha value is -1.76. The van der Waals surface area contributed by atoms with Crippen molar-refractivity contribution < 1.29 is 13.6 Å². The van der Waals surface area contributed by atoms with Crippen molar-refractivity contribution in [1.29, 1.82) is 5.26 Å². The lowest BCUT2D eigenvalue weighted by atomic mass is 9.80. The predicted molar refractivity (Wildman–Crippen MR) is 57.0 cm³/mol. The molecule has 0 heterocycles. The molecule has 1 aliphatic rings. The number of Topliss-reactive ketones (excluding diaryl/α,β-unsaturated/α-hetero) is 1. The smallest absolute Gasteiger partial charge is 0.153 e. The first kappa shape index (κ1) is 11.7. The molecule has 1 atom stereocenters. The van der Waals surface area contributed by atoms with Crippen molar-refractivity contribution in [2.75, 3.05) is 0 Å². The molecule has 0 radical (unpaired) electrons. The van der Waals surface area contributed by atoms with Crippen LogP contribution in [0.2, 0.25) is 0 Å². The minimum Gasteiger partial charge on any atom is -0.298 e. The van der Waals surface area contributed by atoms with Gasteiger partial charge >= 0.3 is 0 Å². The second-order valence-electron chi connectivity index (χ2n) is 4.35. The average molecular weight is 235 g/mol. The molecule has 0 aromatic heterocycles. The van der Waals surface area contributed by atoms with Crippen LogP contribution in [0.3, 0.4) is 0 Å². The summed E-state index contributed by atoms with van der Waals surface area (Å²) in [5.41, 5.74) is -1.40. The van der Waals surface area contributed by atoms with E-state index in [-0.39, 0.29) is 17.8 Å². The van der Waals surface area contributed by atoms with Crippen molar-refractivity contribution in [2.24, 2.45) is 5.41 Å². The molecule has 17 heavy (non-hydrogen) atoms. The van der Waals surface area contributed by atoms with Gasteiger partial charge in [-0.25, -0.2) is 8.78 Å². The maximum absolute atomic E-state index is 13.5. The summed E-state index contributed by atoms with van der Waals surface area (Å²) in [5, 5.41) is 9.11. The van der Waals surface area contributed by atoms with Crippen molar-refractivity contribution in [2.45, 2.75) is 25.7 Å². The third-order valence-electron chi connectivity index (χ3n) is 3.30. The Morgan fingerprint density at radius 1 is 1.35 bits per heavy atom. The van der Waals surface area contributed by atoms with Gasteiger partial charge in [0.05, 0.1) is 6.07 Å². The molecule has 2 nitrogen and oxygen atoms in total. The van der Waals surface area contributed by atoms with Gasteiger partial charge in [-0.05, 0) is 25.0 Å². The number of hydrogen-bond acceptors (Lipinski definition) is 2. The fourth-order valence-electron chi connectivity index (χ4n) is 2.28. The Bertz CT molecular complexity index is 486. The summed E-state index contributed by atoms with van der Waals surface area (Å²) in [6, 6.07) is 5.50. The van der Waals surface area contributed by atoms with Crippen LogP contribution < -0.4 is 0 Å². The summed E-state index contributed by atoms with van der Waals surface area (Å²) in [5.74, 6) is -1.60. The van der Waals surface area contributed by atoms with E-state index in [2.05, 4.69) is 0 Å². The molecule has 1 saturated carbocycles. The van der Waals surface area contributed by atoms with Gasteiger partial charge in [0, 0.05) is 18.4 Å². The van der Waals surface area contributed by atoms with Crippen LogP contribution in [0.4, 0.5) is 8.78 Å². The molecule has 0 aliphatic heterocycles. The molecule has 1 fully saturated rings. The van der Waals surface area contributed by atoms with Crippen molar-refractivity contribution >= 4 is 5.78 Å². The number of hydrogen-bond donors (Lipinski definition) is 0. The van der Waals surface area contributed by atoms with E-state index in [4.69, 9.17) is 5.26 Å². The molecule has 0 amide bonds. The van der Waals surface area contributed by atoms with Crippen molar-refractivity contribution in [3.05, 3.63) is 35.4 Å². The van der Waals surface area contributed by atoms with Crippen LogP contribution in [0.5, 0.6) is 0 Å². The maximum Gasteiger partial charge on any atom is 0.153 e. The topological polar surface area (TPSA) is 40.9 Å². The fourth-order valence-corrected chi connectivity index (χ4v) is 2.28. The molecule has 1 aromatic rings. The van der Waals surface area contributed by atoms with Gasteiger partial charge in [0.15, 0.2) is 5.78 Å². The second kappa shape index (κ2) is 4.25. The third-order valence-corrected chi connectivity index (χ3v) is 3.30. The summed E-state index contributed by atoms with van der Waals surface area (Å²) in [4.78, 5) is 11.7. The zero-order valence-electron chi connectivity index (χ0n) is 9.17. The van der Waals surface area contributed by atoms with E-state index >= 15 is 0 Å². The van der Waals surface area contributed by atoms with Gasteiger partial charge in [0.2, 0.25) is 0 Å². The molecule has 1 aromatic carbocycles. The summed E-state index contributed by atoms with van der Waals surface area (Å²) in [7, 11) is 0. The van der Waals surface area contributed by atoms with Gasteiger partial charge < -0.3 is 0 Å². The van der Waals surface area contributed by atoms with Crippen molar-refractivity contribution in [3.63, 3.8) is 0 Å². The molecule has 1 unspecified atom stereocenters. The van der Waals surface area contributed by atoms with Crippen LogP contribution in [-0.2, 0) is 11.2 Å². The van der Waals surface area contributed by atoms with E-state index in [0.717, 1.165) is 12.1 Å². The number of benzene rings is 1. The maximum atomic E-state index is 13.5.